The molecule has 0 spiro atoms. The molecule has 7 nitrogen and oxygen atoms in total. The number of hydrogen-bond acceptors (Lipinski definition) is 3. The number of carbonyl (C=O) groups is 2. The third-order valence-electron chi connectivity index (χ3n) is 6.59. The number of carboxylic acid groups (broad SMARTS) is 1. The van der Waals surface area contributed by atoms with Crippen LogP contribution in [0.3, 0.4) is 0 Å². The van der Waals surface area contributed by atoms with Crippen molar-refractivity contribution in [1.29, 1.82) is 0 Å². The summed E-state index contributed by atoms with van der Waals surface area (Å²) in [6.07, 6.45) is 2.90. The van der Waals surface area contributed by atoms with Crippen LogP contribution in [0.5, 0.6) is 0 Å². The van der Waals surface area contributed by atoms with E-state index in [9.17, 15) is 14.7 Å². The SMILES string of the molecule is CC(NC(=O)NCc1nc2ccccc2n1C1CC1)[C@@H]1C[C@H](C(=O)O)C1(C)C. The Labute approximate surface area is 164 Å². The normalized spacial score (nSPS) is 24.4. The number of nitrogens with zero attached hydrogens (tertiary/aromatic N) is 2. The zero-order valence-electron chi connectivity index (χ0n) is 16.6. The first-order valence-corrected chi connectivity index (χ1v) is 10.0. The highest BCUT2D eigenvalue weighted by Gasteiger charge is 2.53. The monoisotopic (exact) mass is 384 g/mol. The summed E-state index contributed by atoms with van der Waals surface area (Å²) in [5, 5.41) is 15.2. The lowest BCUT2D eigenvalue weighted by atomic mass is 9.53. The lowest BCUT2D eigenvalue weighted by Crippen LogP contribution is -2.57. The van der Waals surface area contributed by atoms with Crippen molar-refractivity contribution in [2.24, 2.45) is 17.3 Å². The Balaban J connectivity index is 1.37. The highest BCUT2D eigenvalue weighted by atomic mass is 16.4. The second-order valence-corrected chi connectivity index (χ2v) is 8.79. The van der Waals surface area contributed by atoms with E-state index in [0.29, 0.717) is 19.0 Å². The van der Waals surface area contributed by atoms with E-state index in [-0.39, 0.29) is 29.3 Å². The van der Waals surface area contributed by atoms with Gasteiger partial charge >= 0.3 is 12.0 Å². The molecular formula is C21H28N4O3. The Kier molecular flexibility index (Phi) is 4.56. The van der Waals surface area contributed by atoms with Crippen LogP contribution in [0.25, 0.3) is 11.0 Å². The van der Waals surface area contributed by atoms with Gasteiger partial charge < -0.3 is 20.3 Å². The van der Waals surface area contributed by atoms with Gasteiger partial charge in [0.05, 0.1) is 23.5 Å². The number of fused-ring (bicyclic) bond motifs is 1. The van der Waals surface area contributed by atoms with E-state index in [1.165, 1.54) is 0 Å². The number of carbonyl (C=O) groups excluding carboxylic acids is 1. The van der Waals surface area contributed by atoms with Crippen molar-refractivity contribution in [3.8, 4) is 0 Å². The summed E-state index contributed by atoms with van der Waals surface area (Å²) in [6.45, 7) is 6.25. The molecule has 7 heteroatoms. The number of nitrogens with one attached hydrogen (secondary N) is 2. The van der Waals surface area contributed by atoms with Gasteiger partial charge in [-0.2, -0.15) is 0 Å². The summed E-state index contributed by atoms with van der Waals surface area (Å²) in [4.78, 5) is 28.4. The van der Waals surface area contributed by atoms with E-state index in [0.717, 1.165) is 29.7 Å². The molecule has 0 aliphatic heterocycles. The van der Waals surface area contributed by atoms with Crippen molar-refractivity contribution in [3.05, 3.63) is 30.1 Å². The zero-order valence-corrected chi connectivity index (χ0v) is 16.6. The molecule has 3 atom stereocenters. The predicted molar refractivity (Wildman–Crippen MR) is 106 cm³/mol. The molecule has 150 valence electrons. The van der Waals surface area contributed by atoms with Gasteiger partial charge in [0.1, 0.15) is 5.82 Å². The lowest BCUT2D eigenvalue weighted by molar-refractivity contribution is -0.160. The minimum atomic E-state index is -0.753. The Morgan fingerprint density at radius 2 is 2.04 bits per heavy atom. The summed E-state index contributed by atoms with van der Waals surface area (Å²) < 4.78 is 2.24. The van der Waals surface area contributed by atoms with Gasteiger partial charge in [0.25, 0.3) is 0 Å². The zero-order chi connectivity index (χ0) is 20.1. The van der Waals surface area contributed by atoms with E-state index in [4.69, 9.17) is 4.98 Å². The molecule has 2 amide bonds. The summed E-state index contributed by atoms with van der Waals surface area (Å²) in [6, 6.07) is 8.21. The van der Waals surface area contributed by atoms with E-state index < -0.39 is 5.97 Å². The van der Waals surface area contributed by atoms with E-state index in [2.05, 4.69) is 21.3 Å². The lowest BCUT2D eigenvalue weighted by Gasteiger charge is -2.52. The predicted octanol–water partition coefficient (Wildman–Crippen LogP) is 3.31. The molecule has 2 aliphatic rings. The van der Waals surface area contributed by atoms with Gasteiger partial charge in [-0.15, -0.1) is 0 Å². The minimum Gasteiger partial charge on any atom is -0.481 e. The maximum atomic E-state index is 12.4. The smallest absolute Gasteiger partial charge is 0.315 e. The number of rotatable bonds is 6. The van der Waals surface area contributed by atoms with Crippen molar-refractivity contribution < 1.29 is 14.7 Å². The first-order valence-electron chi connectivity index (χ1n) is 10.0. The standard InChI is InChI=1S/C21H28N4O3/c1-12(14-10-15(19(26)27)21(14,2)3)23-20(28)22-11-18-24-16-6-4-5-7-17(16)25(18)13-8-9-13/h4-7,12-15H,8-11H2,1-3H3,(H,26,27)(H2,22,23,28)/t12?,14-,15+/m0/s1. The van der Waals surface area contributed by atoms with Crippen molar-refractivity contribution in [2.75, 3.05) is 0 Å². The maximum Gasteiger partial charge on any atom is 0.315 e. The molecule has 2 aromatic rings. The number of para-hydroxylation sites is 2. The van der Waals surface area contributed by atoms with Crippen molar-refractivity contribution in [2.45, 2.75) is 58.7 Å². The largest absolute Gasteiger partial charge is 0.481 e. The summed E-state index contributed by atoms with van der Waals surface area (Å²) in [7, 11) is 0. The first-order chi connectivity index (χ1) is 13.3. The number of amides is 2. The van der Waals surface area contributed by atoms with Crippen LogP contribution in [0.1, 0.15) is 51.9 Å². The highest BCUT2D eigenvalue weighted by Crippen LogP contribution is 2.52. The van der Waals surface area contributed by atoms with Crippen LogP contribution in [0.15, 0.2) is 24.3 Å². The van der Waals surface area contributed by atoms with Crippen LogP contribution in [-0.4, -0.2) is 32.7 Å². The Morgan fingerprint density at radius 3 is 2.68 bits per heavy atom. The van der Waals surface area contributed by atoms with Crippen molar-refractivity contribution >= 4 is 23.0 Å². The molecule has 2 saturated carbocycles. The number of imidazole rings is 1. The molecule has 3 N–H and O–H groups in total. The topological polar surface area (TPSA) is 96.3 Å². The molecule has 1 heterocycles. The van der Waals surface area contributed by atoms with Gasteiger partial charge in [0, 0.05) is 12.1 Å². The second-order valence-electron chi connectivity index (χ2n) is 8.79. The third kappa shape index (κ3) is 3.23. The van der Waals surface area contributed by atoms with Gasteiger partial charge in [-0.1, -0.05) is 26.0 Å². The van der Waals surface area contributed by atoms with Crippen LogP contribution in [0.2, 0.25) is 0 Å². The van der Waals surface area contributed by atoms with Crippen molar-refractivity contribution in [1.82, 2.24) is 20.2 Å². The molecular weight excluding hydrogens is 356 g/mol. The average Bonchev–Trinajstić information content (AvgIpc) is 3.38. The quantitative estimate of drug-likeness (QED) is 0.712. The fourth-order valence-corrected chi connectivity index (χ4v) is 4.70. The van der Waals surface area contributed by atoms with Gasteiger partial charge in [-0.05, 0) is 49.7 Å². The van der Waals surface area contributed by atoms with Gasteiger partial charge in [0.15, 0.2) is 0 Å². The highest BCUT2D eigenvalue weighted by molar-refractivity contribution is 5.77. The molecule has 0 saturated heterocycles. The molecule has 28 heavy (non-hydrogen) atoms. The fraction of sp³-hybridized carbons (Fsp3) is 0.571. The minimum absolute atomic E-state index is 0.0900. The van der Waals surface area contributed by atoms with Crippen LogP contribution in [-0.2, 0) is 11.3 Å². The van der Waals surface area contributed by atoms with Gasteiger partial charge in [-0.25, -0.2) is 9.78 Å². The van der Waals surface area contributed by atoms with Crippen LogP contribution in [0.4, 0.5) is 4.79 Å². The van der Waals surface area contributed by atoms with E-state index in [1.54, 1.807) is 0 Å². The van der Waals surface area contributed by atoms with E-state index in [1.807, 2.05) is 39.0 Å². The molecule has 0 bridgehead atoms. The summed E-state index contributed by atoms with van der Waals surface area (Å²) in [5.41, 5.74) is 1.75. The van der Waals surface area contributed by atoms with Crippen LogP contribution < -0.4 is 10.6 Å². The summed E-state index contributed by atoms with van der Waals surface area (Å²) >= 11 is 0. The molecule has 1 unspecified atom stereocenters. The van der Waals surface area contributed by atoms with E-state index >= 15 is 0 Å². The maximum absolute atomic E-state index is 12.4. The van der Waals surface area contributed by atoms with Gasteiger partial charge in [0.2, 0.25) is 0 Å². The molecule has 2 fully saturated rings. The molecule has 0 radical (unpaired) electrons. The number of aliphatic carboxylic acids is 1. The van der Waals surface area contributed by atoms with Crippen molar-refractivity contribution in [3.63, 3.8) is 0 Å². The number of aromatic nitrogens is 2. The Bertz CT molecular complexity index is 916. The number of hydrogen-bond donors (Lipinski definition) is 3. The molecule has 1 aromatic carbocycles. The fourth-order valence-electron chi connectivity index (χ4n) is 4.70. The van der Waals surface area contributed by atoms with Gasteiger partial charge in [-0.3, -0.25) is 4.79 Å². The number of benzene rings is 1. The van der Waals surface area contributed by atoms with Crippen LogP contribution in [0, 0.1) is 17.3 Å². The summed E-state index contributed by atoms with van der Waals surface area (Å²) in [5.74, 6) is -0.0723. The molecule has 1 aromatic heterocycles. The third-order valence-corrected chi connectivity index (χ3v) is 6.59. The Morgan fingerprint density at radius 1 is 1.32 bits per heavy atom. The molecule has 2 aliphatic carbocycles. The van der Waals surface area contributed by atoms with Crippen LogP contribution >= 0.6 is 0 Å². The Hall–Kier alpha value is -2.57. The second kappa shape index (κ2) is 6.79. The molecule has 4 rings (SSSR count). The first kappa shape index (κ1) is 18.8. The number of carboxylic acids is 1. The number of urea groups is 1. The average molecular weight is 384 g/mol.